The molecule has 0 bridgehead atoms. The first-order valence-electron chi connectivity index (χ1n) is 12.3. The van der Waals surface area contributed by atoms with Crippen LogP contribution in [-0.2, 0) is 9.53 Å². The number of hydrogen-bond acceptors (Lipinski definition) is 6. The smallest absolute Gasteiger partial charge is 0.307 e. The molecule has 6 nitrogen and oxygen atoms in total. The number of benzene rings is 1. The summed E-state index contributed by atoms with van der Waals surface area (Å²) in [5.74, 6) is 1.38. The van der Waals surface area contributed by atoms with Gasteiger partial charge in [0.15, 0.2) is 0 Å². The summed E-state index contributed by atoms with van der Waals surface area (Å²) in [6.07, 6.45) is 11.9. The van der Waals surface area contributed by atoms with E-state index in [1.165, 1.54) is 38.5 Å². The van der Waals surface area contributed by atoms with Crippen LogP contribution in [-0.4, -0.2) is 26.7 Å². The van der Waals surface area contributed by atoms with Crippen LogP contribution < -0.4 is 0 Å². The quantitative estimate of drug-likeness (QED) is 0.350. The molecule has 1 atom stereocenters. The fraction of sp³-hybridized carbons (Fsp3) is 0.556. The van der Waals surface area contributed by atoms with Gasteiger partial charge in [-0.1, -0.05) is 74.4 Å². The molecule has 1 unspecified atom stereocenters. The van der Waals surface area contributed by atoms with Gasteiger partial charge in [-0.3, -0.25) is 9.78 Å². The summed E-state index contributed by atoms with van der Waals surface area (Å²) < 4.78 is 11.2. The van der Waals surface area contributed by atoms with Crippen molar-refractivity contribution >= 4 is 16.7 Å². The summed E-state index contributed by atoms with van der Waals surface area (Å²) in [5.41, 5.74) is 0.153. The first kappa shape index (κ1) is 23.4. The van der Waals surface area contributed by atoms with Crippen LogP contribution in [0.5, 0.6) is 0 Å². The van der Waals surface area contributed by atoms with E-state index >= 15 is 0 Å². The summed E-state index contributed by atoms with van der Waals surface area (Å²) in [6, 6.07) is 10.0. The first-order chi connectivity index (χ1) is 15.9. The molecule has 1 aliphatic rings. The zero-order valence-electron chi connectivity index (χ0n) is 20.0. The van der Waals surface area contributed by atoms with E-state index in [-0.39, 0.29) is 18.3 Å². The lowest BCUT2D eigenvalue weighted by Gasteiger charge is -2.23. The van der Waals surface area contributed by atoms with Gasteiger partial charge in [0.05, 0.1) is 6.42 Å². The predicted octanol–water partition coefficient (Wildman–Crippen LogP) is 6.85. The van der Waals surface area contributed by atoms with E-state index < -0.39 is 5.60 Å². The Balaban J connectivity index is 1.48. The third-order valence-electron chi connectivity index (χ3n) is 6.37. The molecule has 0 aliphatic heterocycles. The highest BCUT2D eigenvalue weighted by Crippen LogP contribution is 2.32. The second kappa shape index (κ2) is 10.4. The van der Waals surface area contributed by atoms with Gasteiger partial charge in [-0.05, 0) is 44.6 Å². The van der Waals surface area contributed by atoms with Crippen molar-refractivity contribution in [3.05, 3.63) is 42.4 Å². The number of rotatable bonds is 8. The number of ether oxygens (including phenoxy) is 1. The van der Waals surface area contributed by atoms with E-state index in [4.69, 9.17) is 9.26 Å². The summed E-state index contributed by atoms with van der Waals surface area (Å²) in [7, 11) is 0. The molecular formula is C27H35N3O3. The van der Waals surface area contributed by atoms with E-state index in [0.29, 0.717) is 17.4 Å². The van der Waals surface area contributed by atoms with Crippen molar-refractivity contribution in [2.45, 2.75) is 90.1 Å². The Morgan fingerprint density at radius 1 is 1.15 bits per heavy atom. The van der Waals surface area contributed by atoms with Gasteiger partial charge >= 0.3 is 5.97 Å². The van der Waals surface area contributed by atoms with Crippen LogP contribution in [0.4, 0.5) is 0 Å². The van der Waals surface area contributed by atoms with Gasteiger partial charge in [0.1, 0.15) is 11.3 Å². The highest BCUT2D eigenvalue weighted by molar-refractivity contribution is 5.84. The molecule has 0 saturated heterocycles. The molecule has 0 N–H and O–H groups in total. The normalized spacial score (nSPS) is 16.1. The lowest BCUT2D eigenvalue weighted by molar-refractivity contribution is -0.155. The SMILES string of the molecule is CC(C)(C)OC(=O)CC(CCCC1CCCCC1)c1nc(-c2cc3ccccc3cn2)no1. The fourth-order valence-corrected chi connectivity index (χ4v) is 4.74. The topological polar surface area (TPSA) is 78.1 Å². The summed E-state index contributed by atoms with van der Waals surface area (Å²) in [6.45, 7) is 5.66. The minimum absolute atomic E-state index is 0.148. The lowest BCUT2D eigenvalue weighted by atomic mass is 9.84. The maximum absolute atomic E-state index is 12.6. The van der Waals surface area contributed by atoms with Gasteiger partial charge in [-0.25, -0.2) is 0 Å². The number of aromatic nitrogens is 3. The monoisotopic (exact) mass is 449 g/mol. The van der Waals surface area contributed by atoms with Crippen LogP contribution in [0.15, 0.2) is 41.1 Å². The number of carbonyl (C=O) groups excluding carboxylic acids is 1. The minimum Gasteiger partial charge on any atom is -0.460 e. The average Bonchev–Trinajstić information content (AvgIpc) is 3.28. The van der Waals surface area contributed by atoms with E-state index in [1.54, 1.807) is 0 Å². The Kier molecular flexibility index (Phi) is 7.41. The second-order valence-corrected chi connectivity index (χ2v) is 10.3. The molecule has 33 heavy (non-hydrogen) atoms. The molecule has 1 fully saturated rings. The lowest BCUT2D eigenvalue weighted by Crippen LogP contribution is -2.25. The molecule has 4 rings (SSSR count). The van der Waals surface area contributed by atoms with E-state index in [0.717, 1.165) is 29.5 Å². The molecule has 1 aliphatic carbocycles. The van der Waals surface area contributed by atoms with Crippen molar-refractivity contribution in [3.63, 3.8) is 0 Å². The van der Waals surface area contributed by atoms with Crippen LogP contribution in [0, 0.1) is 5.92 Å². The number of hydrogen-bond donors (Lipinski definition) is 0. The van der Waals surface area contributed by atoms with Crippen molar-refractivity contribution in [1.29, 1.82) is 0 Å². The molecule has 0 spiro atoms. The van der Waals surface area contributed by atoms with Gasteiger partial charge in [0, 0.05) is 17.5 Å². The molecule has 6 heteroatoms. The number of pyridine rings is 1. The Morgan fingerprint density at radius 2 is 1.91 bits per heavy atom. The first-order valence-corrected chi connectivity index (χ1v) is 12.3. The maximum atomic E-state index is 12.6. The Bertz CT molecular complexity index is 1060. The van der Waals surface area contributed by atoms with Crippen LogP contribution in [0.3, 0.4) is 0 Å². The number of fused-ring (bicyclic) bond motifs is 1. The van der Waals surface area contributed by atoms with Gasteiger partial charge in [-0.15, -0.1) is 0 Å². The molecule has 0 amide bonds. The molecule has 2 heterocycles. The highest BCUT2D eigenvalue weighted by atomic mass is 16.6. The van der Waals surface area contributed by atoms with Crippen molar-refractivity contribution in [1.82, 2.24) is 15.1 Å². The summed E-state index contributed by atoms with van der Waals surface area (Å²) in [4.78, 5) is 21.8. The van der Waals surface area contributed by atoms with Gasteiger partial charge in [0.25, 0.3) is 0 Å². The van der Waals surface area contributed by atoms with Crippen molar-refractivity contribution in [3.8, 4) is 11.5 Å². The predicted molar refractivity (Wildman–Crippen MR) is 129 cm³/mol. The summed E-state index contributed by atoms with van der Waals surface area (Å²) >= 11 is 0. The zero-order valence-corrected chi connectivity index (χ0v) is 20.0. The van der Waals surface area contributed by atoms with E-state index in [9.17, 15) is 4.79 Å². The summed E-state index contributed by atoms with van der Waals surface area (Å²) in [5, 5.41) is 6.33. The molecule has 176 valence electrons. The van der Waals surface area contributed by atoms with E-state index in [1.807, 2.05) is 57.3 Å². The minimum atomic E-state index is -0.515. The molecular weight excluding hydrogens is 414 g/mol. The zero-order chi connectivity index (χ0) is 23.3. The molecule has 0 radical (unpaired) electrons. The third-order valence-corrected chi connectivity index (χ3v) is 6.37. The largest absolute Gasteiger partial charge is 0.460 e. The Morgan fingerprint density at radius 3 is 2.67 bits per heavy atom. The molecule has 1 saturated carbocycles. The number of nitrogens with zero attached hydrogens (tertiary/aromatic N) is 3. The molecule has 3 aromatic rings. The van der Waals surface area contributed by atoms with Gasteiger partial charge in [0.2, 0.25) is 11.7 Å². The van der Waals surface area contributed by atoms with Crippen molar-refractivity contribution in [2.75, 3.05) is 0 Å². The maximum Gasteiger partial charge on any atom is 0.307 e. The van der Waals surface area contributed by atoms with Crippen LogP contribution in [0.1, 0.15) is 90.4 Å². The van der Waals surface area contributed by atoms with Crippen molar-refractivity contribution in [2.24, 2.45) is 5.92 Å². The standard InChI is InChI=1S/C27H35N3O3/c1-27(2,3)32-24(31)17-21(15-9-12-19-10-5-4-6-11-19)26-29-25(30-33-26)23-16-20-13-7-8-14-22(20)18-28-23/h7-8,13-14,16,18-19,21H,4-6,9-12,15,17H2,1-3H3. The fourth-order valence-electron chi connectivity index (χ4n) is 4.74. The van der Waals surface area contributed by atoms with E-state index in [2.05, 4.69) is 15.1 Å². The van der Waals surface area contributed by atoms with Gasteiger partial charge in [-0.2, -0.15) is 4.98 Å². The number of carbonyl (C=O) groups is 1. The van der Waals surface area contributed by atoms with Crippen LogP contribution in [0.25, 0.3) is 22.3 Å². The molecule has 1 aromatic carbocycles. The second-order valence-electron chi connectivity index (χ2n) is 10.3. The van der Waals surface area contributed by atoms with Crippen LogP contribution in [0.2, 0.25) is 0 Å². The van der Waals surface area contributed by atoms with Gasteiger partial charge < -0.3 is 9.26 Å². The average molecular weight is 450 g/mol. The third kappa shape index (κ3) is 6.62. The Labute approximate surface area is 196 Å². The Hall–Kier alpha value is -2.76. The van der Waals surface area contributed by atoms with Crippen LogP contribution >= 0.6 is 0 Å². The number of esters is 1. The molecule has 2 aromatic heterocycles. The van der Waals surface area contributed by atoms with Crippen molar-refractivity contribution < 1.29 is 14.1 Å². The highest BCUT2D eigenvalue weighted by Gasteiger charge is 2.26.